The largest absolute Gasteiger partial charge is 0.322 e. The first-order chi connectivity index (χ1) is 9.65. The number of nitrogens with one attached hydrogen (secondary N) is 1. The van der Waals surface area contributed by atoms with E-state index in [1.54, 1.807) is 18.2 Å². The summed E-state index contributed by atoms with van der Waals surface area (Å²) in [4.78, 5) is 23.8. The monoisotopic (exact) mass is 329 g/mol. The first-order valence-electron chi connectivity index (χ1n) is 6.33. The van der Waals surface area contributed by atoms with Gasteiger partial charge in [0, 0.05) is 16.8 Å². The lowest BCUT2D eigenvalue weighted by Crippen LogP contribution is -2.12. The van der Waals surface area contributed by atoms with Crippen molar-refractivity contribution < 1.29 is 9.59 Å². The Morgan fingerprint density at radius 3 is 2.65 bits per heavy atom. The van der Waals surface area contributed by atoms with Gasteiger partial charge in [0.1, 0.15) is 0 Å². The molecule has 1 atom stereocenters. The summed E-state index contributed by atoms with van der Waals surface area (Å²) in [5.41, 5.74) is 2.97. The number of hydrogen-bond donors (Lipinski definition) is 1. The van der Waals surface area contributed by atoms with Crippen LogP contribution in [0.1, 0.15) is 26.3 Å². The zero-order valence-electron chi connectivity index (χ0n) is 10.6. The molecule has 1 aliphatic rings. The summed E-state index contributed by atoms with van der Waals surface area (Å²) in [5.74, 6) is -0.0699. The van der Waals surface area contributed by atoms with Gasteiger partial charge in [0.2, 0.25) is 0 Å². The van der Waals surface area contributed by atoms with Gasteiger partial charge in [0.05, 0.1) is 4.83 Å². The standard InChI is InChI=1S/C16H12BrNO2/c17-14-9-11-8-10(6-7-13(11)15(14)19)16(20)18-12-4-2-1-3-5-12/h1-8,14H,9H2,(H,18,20). The zero-order chi connectivity index (χ0) is 14.1. The Labute approximate surface area is 125 Å². The Hall–Kier alpha value is -1.94. The molecule has 1 amide bonds. The first kappa shape index (κ1) is 13.1. The Bertz CT molecular complexity index is 682. The van der Waals surface area contributed by atoms with Gasteiger partial charge < -0.3 is 5.32 Å². The van der Waals surface area contributed by atoms with E-state index in [-0.39, 0.29) is 16.5 Å². The van der Waals surface area contributed by atoms with Crippen molar-refractivity contribution in [3.05, 3.63) is 65.2 Å². The van der Waals surface area contributed by atoms with Crippen molar-refractivity contribution in [3.8, 4) is 0 Å². The van der Waals surface area contributed by atoms with Gasteiger partial charge in [0.15, 0.2) is 5.78 Å². The van der Waals surface area contributed by atoms with Crippen LogP contribution in [0.3, 0.4) is 0 Å². The quantitative estimate of drug-likeness (QED) is 0.858. The molecule has 0 saturated carbocycles. The number of rotatable bonds is 2. The second kappa shape index (κ2) is 5.21. The van der Waals surface area contributed by atoms with Gasteiger partial charge >= 0.3 is 0 Å². The van der Waals surface area contributed by atoms with Crippen LogP contribution < -0.4 is 5.32 Å². The van der Waals surface area contributed by atoms with Crippen LogP contribution >= 0.6 is 15.9 Å². The third kappa shape index (κ3) is 2.39. The summed E-state index contributed by atoms with van der Waals surface area (Å²) in [6.07, 6.45) is 0.640. The normalized spacial score (nSPS) is 16.9. The third-order valence-corrected chi connectivity index (χ3v) is 4.09. The number of alkyl halides is 1. The average molecular weight is 330 g/mol. The number of Topliss-reactive ketones (excluding diaryl/α,β-unsaturated/α-hetero) is 1. The Morgan fingerprint density at radius 1 is 1.15 bits per heavy atom. The molecule has 3 nitrogen and oxygen atoms in total. The molecule has 0 heterocycles. The molecule has 0 radical (unpaired) electrons. The van der Waals surface area contributed by atoms with Crippen molar-refractivity contribution in [1.82, 2.24) is 0 Å². The fraction of sp³-hybridized carbons (Fsp3) is 0.125. The summed E-state index contributed by atoms with van der Waals surface area (Å²) in [6.45, 7) is 0. The van der Waals surface area contributed by atoms with Crippen LogP contribution in [0.4, 0.5) is 5.69 Å². The molecule has 3 rings (SSSR count). The smallest absolute Gasteiger partial charge is 0.255 e. The summed E-state index contributed by atoms with van der Waals surface area (Å²) >= 11 is 3.35. The molecular formula is C16H12BrNO2. The molecule has 1 N–H and O–H groups in total. The number of fused-ring (bicyclic) bond motifs is 1. The van der Waals surface area contributed by atoms with Crippen LogP contribution in [-0.4, -0.2) is 16.5 Å². The van der Waals surface area contributed by atoms with E-state index in [1.165, 1.54) is 0 Å². The highest BCUT2D eigenvalue weighted by molar-refractivity contribution is 9.10. The van der Waals surface area contributed by atoms with Gasteiger partial charge in [0.25, 0.3) is 5.91 Å². The van der Waals surface area contributed by atoms with Crippen LogP contribution in [0, 0.1) is 0 Å². The maximum Gasteiger partial charge on any atom is 0.255 e. The number of carbonyl (C=O) groups excluding carboxylic acids is 2. The van der Waals surface area contributed by atoms with Gasteiger partial charge in [-0.15, -0.1) is 0 Å². The number of anilines is 1. The number of carbonyl (C=O) groups is 2. The second-order valence-corrected chi connectivity index (χ2v) is 5.83. The Kier molecular flexibility index (Phi) is 3.40. The van der Waals surface area contributed by atoms with E-state index in [0.29, 0.717) is 17.5 Å². The molecule has 0 fully saturated rings. The highest BCUT2D eigenvalue weighted by Gasteiger charge is 2.28. The minimum atomic E-state index is -0.163. The van der Waals surface area contributed by atoms with E-state index in [0.717, 1.165) is 11.3 Å². The van der Waals surface area contributed by atoms with Gasteiger partial charge in [-0.25, -0.2) is 0 Å². The molecule has 2 aromatic rings. The van der Waals surface area contributed by atoms with Gasteiger partial charge in [-0.1, -0.05) is 40.2 Å². The second-order valence-electron chi connectivity index (χ2n) is 4.73. The minimum absolute atomic E-state index is 0.0926. The van der Waals surface area contributed by atoms with E-state index in [4.69, 9.17) is 0 Å². The Balaban J connectivity index is 1.84. The lowest BCUT2D eigenvalue weighted by molar-refractivity contribution is 0.0998. The third-order valence-electron chi connectivity index (χ3n) is 3.35. The van der Waals surface area contributed by atoms with Crippen molar-refractivity contribution in [1.29, 1.82) is 0 Å². The summed E-state index contributed by atoms with van der Waals surface area (Å²) in [6, 6.07) is 14.5. The summed E-state index contributed by atoms with van der Waals surface area (Å²) in [7, 11) is 0. The average Bonchev–Trinajstić information content (AvgIpc) is 2.74. The zero-order valence-corrected chi connectivity index (χ0v) is 12.2. The van der Waals surface area contributed by atoms with Gasteiger partial charge in [-0.3, -0.25) is 9.59 Å². The number of benzene rings is 2. The molecule has 2 aromatic carbocycles. The molecule has 1 unspecified atom stereocenters. The van der Waals surface area contributed by atoms with Crippen LogP contribution in [0.5, 0.6) is 0 Å². The molecular weight excluding hydrogens is 318 g/mol. The molecule has 0 saturated heterocycles. The lowest BCUT2D eigenvalue weighted by Gasteiger charge is -2.06. The van der Waals surface area contributed by atoms with Crippen LogP contribution in [0.15, 0.2) is 48.5 Å². The molecule has 100 valence electrons. The van der Waals surface area contributed by atoms with Crippen LogP contribution in [0.25, 0.3) is 0 Å². The molecule has 20 heavy (non-hydrogen) atoms. The Morgan fingerprint density at radius 2 is 1.90 bits per heavy atom. The number of amides is 1. The SMILES string of the molecule is O=C(Nc1ccccc1)c1ccc2c(c1)CC(Br)C2=O. The molecule has 0 bridgehead atoms. The van der Waals surface area contributed by atoms with Gasteiger partial charge in [-0.05, 0) is 36.2 Å². The van der Waals surface area contributed by atoms with Crippen molar-refractivity contribution >= 4 is 33.3 Å². The van der Waals surface area contributed by atoms with Crippen molar-refractivity contribution in [2.24, 2.45) is 0 Å². The highest BCUT2D eigenvalue weighted by Crippen LogP contribution is 2.27. The first-order valence-corrected chi connectivity index (χ1v) is 7.24. The van der Waals surface area contributed by atoms with Crippen molar-refractivity contribution in [3.63, 3.8) is 0 Å². The molecule has 0 aromatic heterocycles. The van der Waals surface area contributed by atoms with Crippen LogP contribution in [0.2, 0.25) is 0 Å². The number of halogens is 1. The molecule has 0 spiro atoms. The van der Waals surface area contributed by atoms with E-state index in [1.807, 2.05) is 30.3 Å². The maximum atomic E-state index is 12.2. The van der Waals surface area contributed by atoms with E-state index in [9.17, 15) is 9.59 Å². The van der Waals surface area contributed by atoms with E-state index >= 15 is 0 Å². The summed E-state index contributed by atoms with van der Waals surface area (Å²) < 4.78 is 0. The van der Waals surface area contributed by atoms with E-state index in [2.05, 4.69) is 21.2 Å². The number of hydrogen-bond acceptors (Lipinski definition) is 2. The molecule has 1 aliphatic carbocycles. The minimum Gasteiger partial charge on any atom is -0.322 e. The molecule has 4 heteroatoms. The fourth-order valence-electron chi connectivity index (χ4n) is 2.32. The topological polar surface area (TPSA) is 46.2 Å². The van der Waals surface area contributed by atoms with Crippen molar-refractivity contribution in [2.45, 2.75) is 11.2 Å². The predicted molar refractivity (Wildman–Crippen MR) is 81.6 cm³/mol. The van der Waals surface area contributed by atoms with Crippen molar-refractivity contribution in [2.75, 3.05) is 5.32 Å². The highest BCUT2D eigenvalue weighted by atomic mass is 79.9. The summed E-state index contributed by atoms with van der Waals surface area (Å²) in [5, 5.41) is 2.84. The van der Waals surface area contributed by atoms with Crippen LogP contribution in [-0.2, 0) is 6.42 Å². The molecule has 0 aliphatic heterocycles. The van der Waals surface area contributed by atoms with Gasteiger partial charge in [-0.2, -0.15) is 0 Å². The fourth-order valence-corrected chi connectivity index (χ4v) is 2.92. The number of ketones is 1. The number of para-hydroxylation sites is 1. The van der Waals surface area contributed by atoms with E-state index < -0.39 is 0 Å². The predicted octanol–water partition coefficient (Wildman–Crippen LogP) is 3.44. The lowest BCUT2D eigenvalue weighted by atomic mass is 10.1. The maximum absolute atomic E-state index is 12.2.